The zero-order chi connectivity index (χ0) is 29.3. The molecule has 2 heteroatoms. The van der Waals surface area contributed by atoms with E-state index < -0.39 is 0 Å². The maximum absolute atomic E-state index is 6.47. The van der Waals surface area contributed by atoms with Gasteiger partial charge in [0.2, 0.25) is 0 Å². The van der Waals surface area contributed by atoms with Crippen LogP contribution < -0.4 is 4.90 Å². The molecular formula is C41H35NO. The Bertz CT molecular complexity index is 2040. The molecule has 1 heterocycles. The predicted molar refractivity (Wildman–Crippen MR) is 180 cm³/mol. The van der Waals surface area contributed by atoms with E-state index in [0.29, 0.717) is 5.92 Å². The standard InChI is InChI=1S/C41H35NO/c1-26-13-18-29(19-14-26)42(31-22-24-34-33-9-5-7-11-36(33)41(3,4)37(34)25-31)30-20-16-28(17-21-30)32-23-15-27(2)39-35-10-6-8-12-38(35)43-40(32)39/h5-14,16-25,27H,15H2,1-4H3. The molecular weight excluding hydrogens is 522 g/mol. The number of nitrogens with zero attached hydrogens (tertiary/aromatic N) is 1. The van der Waals surface area contributed by atoms with Gasteiger partial charge in [-0.25, -0.2) is 0 Å². The van der Waals surface area contributed by atoms with Gasteiger partial charge in [-0.05, 0) is 89.5 Å². The van der Waals surface area contributed by atoms with Crippen molar-refractivity contribution in [2.24, 2.45) is 0 Å². The molecule has 1 atom stereocenters. The Balaban J connectivity index is 1.22. The summed E-state index contributed by atoms with van der Waals surface area (Å²) < 4.78 is 6.47. The van der Waals surface area contributed by atoms with Gasteiger partial charge in [0, 0.05) is 39.0 Å². The lowest BCUT2D eigenvalue weighted by Gasteiger charge is -2.28. The molecule has 2 aliphatic carbocycles. The van der Waals surface area contributed by atoms with Gasteiger partial charge in [0.1, 0.15) is 11.3 Å². The van der Waals surface area contributed by atoms with Crippen molar-refractivity contribution in [2.75, 3.05) is 4.90 Å². The second kappa shape index (κ2) is 9.61. The van der Waals surface area contributed by atoms with Crippen molar-refractivity contribution >= 4 is 33.6 Å². The number of furan rings is 1. The van der Waals surface area contributed by atoms with Gasteiger partial charge in [-0.3, -0.25) is 0 Å². The summed E-state index contributed by atoms with van der Waals surface area (Å²) in [7, 11) is 0. The molecule has 0 saturated heterocycles. The molecule has 0 N–H and O–H groups in total. The maximum atomic E-state index is 6.47. The minimum Gasteiger partial charge on any atom is -0.456 e. The van der Waals surface area contributed by atoms with E-state index in [0.717, 1.165) is 29.1 Å². The molecule has 2 aliphatic rings. The van der Waals surface area contributed by atoms with Gasteiger partial charge in [-0.1, -0.05) is 105 Å². The molecule has 43 heavy (non-hydrogen) atoms. The van der Waals surface area contributed by atoms with Crippen LogP contribution in [0.2, 0.25) is 0 Å². The summed E-state index contributed by atoms with van der Waals surface area (Å²) in [6, 6.07) is 42.1. The molecule has 0 aliphatic heterocycles. The minimum atomic E-state index is -0.0559. The van der Waals surface area contributed by atoms with E-state index in [1.54, 1.807) is 0 Å². The average Bonchev–Trinajstić information content (AvgIpc) is 3.53. The quantitative estimate of drug-likeness (QED) is 0.214. The van der Waals surface area contributed by atoms with Crippen molar-refractivity contribution in [3.63, 3.8) is 0 Å². The van der Waals surface area contributed by atoms with E-state index in [1.165, 1.54) is 55.6 Å². The van der Waals surface area contributed by atoms with Gasteiger partial charge >= 0.3 is 0 Å². The first-order valence-electron chi connectivity index (χ1n) is 15.3. The first-order chi connectivity index (χ1) is 20.9. The van der Waals surface area contributed by atoms with Gasteiger partial charge in [0.15, 0.2) is 0 Å². The van der Waals surface area contributed by atoms with Gasteiger partial charge in [0.05, 0.1) is 0 Å². The van der Waals surface area contributed by atoms with Gasteiger partial charge < -0.3 is 9.32 Å². The molecule has 0 radical (unpaired) electrons. The molecule has 0 fully saturated rings. The number of aryl methyl sites for hydroxylation is 1. The second-order valence-corrected chi connectivity index (χ2v) is 12.7. The number of hydrogen-bond donors (Lipinski definition) is 0. The Morgan fingerprint density at radius 3 is 2.14 bits per heavy atom. The van der Waals surface area contributed by atoms with E-state index in [4.69, 9.17) is 4.42 Å². The molecule has 0 amide bonds. The summed E-state index contributed by atoms with van der Waals surface area (Å²) in [6.45, 7) is 9.13. The van der Waals surface area contributed by atoms with Gasteiger partial charge in [-0.15, -0.1) is 0 Å². The Hall–Kier alpha value is -4.82. The SMILES string of the molecule is Cc1ccc(N(c2ccc(C3=CCC(C)c4c3oc3ccccc43)cc2)c2ccc3c(c2)C(C)(C)c2ccccc2-3)cc1. The minimum absolute atomic E-state index is 0.0559. The molecule has 2 nitrogen and oxygen atoms in total. The summed E-state index contributed by atoms with van der Waals surface area (Å²) in [4.78, 5) is 2.38. The molecule has 0 bridgehead atoms. The molecule has 1 unspecified atom stereocenters. The summed E-state index contributed by atoms with van der Waals surface area (Å²) in [5.74, 6) is 1.46. The monoisotopic (exact) mass is 557 g/mol. The van der Waals surface area contributed by atoms with Crippen LogP contribution in [0.4, 0.5) is 17.1 Å². The molecule has 1 aromatic heterocycles. The van der Waals surface area contributed by atoms with Crippen molar-refractivity contribution in [2.45, 2.75) is 45.4 Å². The first-order valence-corrected chi connectivity index (χ1v) is 15.3. The smallest absolute Gasteiger partial charge is 0.139 e. The molecule has 0 saturated carbocycles. The van der Waals surface area contributed by atoms with E-state index in [-0.39, 0.29) is 5.41 Å². The number of benzene rings is 5. The highest BCUT2D eigenvalue weighted by Crippen LogP contribution is 2.51. The third-order valence-corrected chi connectivity index (χ3v) is 9.60. The fourth-order valence-corrected chi connectivity index (χ4v) is 7.27. The fourth-order valence-electron chi connectivity index (χ4n) is 7.27. The number of fused-ring (bicyclic) bond motifs is 6. The van der Waals surface area contributed by atoms with E-state index >= 15 is 0 Å². The van der Waals surface area contributed by atoms with E-state index in [9.17, 15) is 0 Å². The van der Waals surface area contributed by atoms with Gasteiger partial charge in [-0.2, -0.15) is 0 Å². The normalized spacial score (nSPS) is 16.4. The van der Waals surface area contributed by atoms with Crippen LogP contribution >= 0.6 is 0 Å². The van der Waals surface area contributed by atoms with Crippen LogP contribution in [0.25, 0.3) is 27.7 Å². The predicted octanol–water partition coefficient (Wildman–Crippen LogP) is 11.5. The number of allylic oxidation sites excluding steroid dienone is 1. The molecule has 8 rings (SSSR count). The van der Waals surface area contributed by atoms with Crippen molar-refractivity contribution in [1.29, 1.82) is 0 Å². The first kappa shape index (κ1) is 25.9. The highest BCUT2D eigenvalue weighted by atomic mass is 16.3. The van der Waals surface area contributed by atoms with Crippen LogP contribution in [0, 0.1) is 6.92 Å². The Morgan fingerprint density at radius 1 is 0.698 bits per heavy atom. The van der Waals surface area contributed by atoms with Crippen molar-refractivity contribution < 1.29 is 4.42 Å². The molecule has 210 valence electrons. The fraction of sp³-hybridized carbons (Fsp3) is 0.171. The lowest BCUT2D eigenvalue weighted by molar-refractivity contribution is 0.581. The van der Waals surface area contributed by atoms with Crippen LogP contribution in [0.1, 0.15) is 66.7 Å². The molecule has 0 spiro atoms. The van der Waals surface area contributed by atoms with Crippen LogP contribution in [0.3, 0.4) is 0 Å². The highest BCUT2D eigenvalue weighted by Gasteiger charge is 2.35. The topological polar surface area (TPSA) is 16.4 Å². The van der Waals surface area contributed by atoms with Crippen LogP contribution in [0.5, 0.6) is 0 Å². The average molecular weight is 558 g/mol. The number of anilines is 3. The van der Waals surface area contributed by atoms with Crippen LogP contribution in [-0.2, 0) is 5.41 Å². The second-order valence-electron chi connectivity index (χ2n) is 12.7. The lowest BCUT2D eigenvalue weighted by atomic mass is 9.82. The third kappa shape index (κ3) is 4.01. The zero-order valence-electron chi connectivity index (χ0n) is 25.2. The zero-order valence-corrected chi connectivity index (χ0v) is 25.2. The van der Waals surface area contributed by atoms with Crippen LogP contribution in [-0.4, -0.2) is 0 Å². The van der Waals surface area contributed by atoms with E-state index in [2.05, 4.69) is 154 Å². The summed E-state index contributed by atoms with van der Waals surface area (Å²) >= 11 is 0. The van der Waals surface area contributed by atoms with E-state index in [1.807, 2.05) is 0 Å². The maximum Gasteiger partial charge on any atom is 0.139 e. The Kier molecular flexibility index (Phi) is 5.78. The largest absolute Gasteiger partial charge is 0.456 e. The highest BCUT2D eigenvalue weighted by molar-refractivity contribution is 5.92. The van der Waals surface area contributed by atoms with Crippen LogP contribution in [0.15, 0.2) is 126 Å². The Labute approximate surface area is 253 Å². The van der Waals surface area contributed by atoms with Gasteiger partial charge in [0.25, 0.3) is 0 Å². The number of hydrogen-bond acceptors (Lipinski definition) is 2. The number of para-hydroxylation sites is 1. The third-order valence-electron chi connectivity index (χ3n) is 9.60. The Morgan fingerprint density at radius 2 is 1.35 bits per heavy atom. The summed E-state index contributed by atoms with van der Waals surface area (Å²) in [6.07, 6.45) is 3.36. The van der Waals surface area contributed by atoms with Crippen molar-refractivity contribution in [3.8, 4) is 11.1 Å². The molecule has 6 aromatic rings. The lowest BCUT2D eigenvalue weighted by Crippen LogP contribution is -2.16. The summed E-state index contributed by atoms with van der Waals surface area (Å²) in [5.41, 5.74) is 14.8. The summed E-state index contributed by atoms with van der Waals surface area (Å²) in [5, 5.41) is 1.24. The van der Waals surface area contributed by atoms with Crippen molar-refractivity contribution in [3.05, 3.63) is 155 Å². The number of rotatable bonds is 4. The van der Waals surface area contributed by atoms with Crippen molar-refractivity contribution in [1.82, 2.24) is 0 Å². The molecule has 5 aromatic carbocycles.